The topological polar surface area (TPSA) is 24.8 Å². The molecule has 0 aliphatic carbocycles. The summed E-state index contributed by atoms with van der Waals surface area (Å²) >= 11 is 17.0. The summed E-state index contributed by atoms with van der Waals surface area (Å²) in [5, 5.41) is 9.85. The van der Waals surface area contributed by atoms with Crippen molar-refractivity contribution in [3.8, 4) is 16.9 Å². The Morgan fingerprint density at radius 3 is 2.19 bits per heavy atom. The van der Waals surface area contributed by atoms with Crippen LogP contribution in [0.5, 0.6) is 5.75 Å². The molecule has 0 saturated heterocycles. The zero-order valence-electron chi connectivity index (χ0n) is 10.2. The summed E-state index contributed by atoms with van der Waals surface area (Å²) in [7, 11) is 1.03. The first kappa shape index (κ1) is 16.3. The molecule has 9 heteroatoms. The summed E-state index contributed by atoms with van der Waals surface area (Å²) in [4.78, 5) is 0. The molecular weight excluding hydrogens is 356 g/mol. The lowest BCUT2D eigenvalue weighted by Crippen LogP contribution is -2.11. The van der Waals surface area contributed by atoms with E-state index in [9.17, 15) is 22.7 Å². The first-order valence-corrected chi connectivity index (χ1v) is 6.46. The van der Waals surface area contributed by atoms with Gasteiger partial charge in [0.1, 0.15) is 16.7 Å². The van der Waals surface area contributed by atoms with Crippen LogP contribution >= 0.6 is 34.8 Å². The lowest BCUT2D eigenvalue weighted by atomic mass is 10.1. The maximum Gasteiger partial charge on any atom is 0.432 e. The molecule has 1 heterocycles. The van der Waals surface area contributed by atoms with Gasteiger partial charge in [-0.25, -0.2) is 4.39 Å². The maximum atomic E-state index is 13.9. The molecule has 0 saturated carbocycles. The molecule has 2 nitrogen and oxygen atoms in total. The maximum absolute atomic E-state index is 13.9. The number of benzene rings is 1. The minimum Gasteiger partial charge on any atom is -0.329 e. The van der Waals surface area contributed by atoms with Gasteiger partial charge in [0.15, 0.2) is 5.75 Å². The molecule has 0 atom stereocenters. The Bertz CT molecular complexity index is 725. The molecule has 0 unspecified atom stereocenters. The smallest absolute Gasteiger partial charge is 0.329 e. The molecule has 1 aromatic carbocycles. The van der Waals surface area contributed by atoms with Gasteiger partial charge in [0, 0.05) is 18.2 Å². The van der Waals surface area contributed by atoms with Crippen LogP contribution in [0.3, 0.4) is 0 Å². The minimum atomic E-state index is -4.78. The number of halogens is 7. The molecule has 2 aromatic rings. The van der Waals surface area contributed by atoms with E-state index in [4.69, 9.17) is 34.8 Å². The van der Waals surface area contributed by atoms with E-state index in [1.165, 1.54) is 0 Å². The van der Waals surface area contributed by atoms with Crippen LogP contribution in [0, 0.1) is 5.82 Å². The summed E-state index contributed by atoms with van der Waals surface area (Å²) in [6.07, 6.45) is -4.78. The predicted molar refractivity (Wildman–Crippen MR) is 71.0 cm³/mol. The van der Waals surface area contributed by atoms with Crippen molar-refractivity contribution in [2.24, 2.45) is 7.05 Å². The van der Waals surface area contributed by atoms with Crippen LogP contribution in [-0.4, -0.2) is 4.57 Å². The average Bonchev–Trinajstić information content (AvgIpc) is 2.55. The highest BCUT2D eigenvalue weighted by molar-refractivity contribution is 6.40. The van der Waals surface area contributed by atoms with Gasteiger partial charge in [-0.15, -0.1) is 0 Å². The highest BCUT2D eigenvalue weighted by atomic mass is 35.5. The van der Waals surface area contributed by atoms with Crippen molar-refractivity contribution in [3.05, 3.63) is 38.8 Å². The van der Waals surface area contributed by atoms with Crippen molar-refractivity contribution in [1.82, 2.24) is 4.57 Å². The Morgan fingerprint density at radius 1 is 1.14 bits per heavy atom. The van der Waals surface area contributed by atoms with Crippen LogP contribution in [0.1, 0.15) is 5.69 Å². The quantitative estimate of drug-likeness (QED) is 0.560. The van der Waals surface area contributed by atoms with Crippen molar-refractivity contribution >= 4 is 34.8 Å². The molecule has 0 N–H and O–H groups in total. The number of alkyl halides is 3. The van der Waals surface area contributed by atoms with Gasteiger partial charge in [0.2, 0.25) is 0 Å². The standard InChI is InChI=1S/C12H5Cl3F4NO/c1-20-10(12(17,18)19)9(14)8(11(20)15)4-2-7(21)5(13)3-6(4)16/h2-3H,1H3. The first-order chi connectivity index (χ1) is 9.55. The summed E-state index contributed by atoms with van der Waals surface area (Å²) in [5.74, 6) is -1.75. The third-order valence-electron chi connectivity index (χ3n) is 2.82. The number of aromatic nitrogens is 1. The average molecular weight is 362 g/mol. The van der Waals surface area contributed by atoms with Crippen LogP contribution in [0.2, 0.25) is 15.2 Å². The molecule has 1 radical (unpaired) electrons. The molecule has 0 bridgehead atoms. The van der Waals surface area contributed by atoms with Crippen molar-refractivity contribution in [2.45, 2.75) is 6.18 Å². The SMILES string of the molecule is Cn1c(Cl)c(-c2cc([O])c(Cl)cc2F)c(Cl)c1C(F)(F)F. The van der Waals surface area contributed by atoms with E-state index < -0.39 is 49.8 Å². The van der Waals surface area contributed by atoms with Crippen molar-refractivity contribution in [3.63, 3.8) is 0 Å². The van der Waals surface area contributed by atoms with E-state index in [1.54, 1.807) is 0 Å². The van der Waals surface area contributed by atoms with Crippen LogP contribution in [0.4, 0.5) is 17.6 Å². The third-order valence-corrected chi connectivity index (χ3v) is 3.93. The molecule has 1 aromatic heterocycles. The van der Waals surface area contributed by atoms with E-state index in [-0.39, 0.29) is 0 Å². The summed E-state index contributed by atoms with van der Waals surface area (Å²) in [5.41, 5.74) is -2.07. The number of hydrogen-bond acceptors (Lipinski definition) is 0. The fourth-order valence-corrected chi connectivity index (χ4v) is 2.79. The highest BCUT2D eigenvalue weighted by Crippen LogP contribution is 2.47. The summed E-state index contributed by atoms with van der Waals surface area (Å²) in [6.45, 7) is 0. The number of nitrogens with zero attached hydrogens (tertiary/aromatic N) is 1. The fraction of sp³-hybridized carbons (Fsp3) is 0.167. The van der Waals surface area contributed by atoms with Gasteiger partial charge in [0.05, 0.1) is 10.0 Å². The van der Waals surface area contributed by atoms with Gasteiger partial charge in [-0.1, -0.05) is 34.8 Å². The lowest BCUT2D eigenvalue weighted by molar-refractivity contribution is -0.142. The Kier molecular flexibility index (Phi) is 4.08. The van der Waals surface area contributed by atoms with Crippen molar-refractivity contribution < 1.29 is 22.7 Å². The molecule has 0 spiro atoms. The second kappa shape index (κ2) is 5.26. The molecule has 21 heavy (non-hydrogen) atoms. The van der Waals surface area contributed by atoms with Gasteiger partial charge in [-0.2, -0.15) is 13.2 Å². The molecule has 0 amide bonds. The first-order valence-electron chi connectivity index (χ1n) is 5.33. The van der Waals surface area contributed by atoms with Crippen LogP contribution < -0.4 is 0 Å². The molecular formula is C12H5Cl3F4NO. The second-order valence-electron chi connectivity index (χ2n) is 4.15. The van der Waals surface area contributed by atoms with E-state index in [0.717, 1.165) is 13.1 Å². The van der Waals surface area contributed by atoms with Crippen LogP contribution in [0.15, 0.2) is 12.1 Å². The molecule has 0 fully saturated rings. The normalized spacial score (nSPS) is 12.0. The lowest BCUT2D eigenvalue weighted by Gasteiger charge is -2.08. The van der Waals surface area contributed by atoms with Crippen molar-refractivity contribution in [2.75, 3.05) is 0 Å². The van der Waals surface area contributed by atoms with Crippen molar-refractivity contribution in [1.29, 1.82) is 0 Å². The molecule has 113 valence electrons. The van der Waals surface area contributed by atoms with Crippen LogP contribution in [-0.2, 0) is 18.3 Å². The zero-order valence-corrected chi connectivity index (χ0v) is 12.4. The number of rotatable bonds is 1. The van der Waals surface area contributed by atoms with E-state index in [0.29, 0.717) is 10.6 Å². The van der Waals surface area contributed by atoms with Gasteiger partial charge in [0.25, 0.3) is 0 Å². The Balaban J connectivity index is 2.81. The third kappa shape index (κ3) is 2.67. The molecule has 0 aliphatic rings. The van der Waals surface area contributed by atoms with Crippen LogP contribution in [0.25, 0.3) is 11.1 Å². The zero-order chi connectivity index (χ0) is 16.1. The monoisotopic (exact) mass is 360 g/mol. The Morgan fingerprint density at radius 2 is 1.71 bits per heavy atom. The highest BCUT2D eigenvalue weighted by Gasteiger charge is 2.40. The minimum absolute atomic E-state index is 0.393. The number of hydrogen-bond donors (Lipinski definition) is 0. The predicted octanol–water partition coefficient (Wildman–Crippen LogP) is 5.95. The van der Waals surface area contributed by atoms with Gasteiger partial charge in [-0.3, -0.25) is 5.11 Å². The Hall–Kier alpha value is -1.11. The van der Waals surface area contributed by atoms with E-state index >= 15 is 0 Å². The van der Waals surface area contributed by atoms with Gasteiger partial charge in [-0.05, 0) is 12.1 Å². The van der Waals surface area contributed by atoms with Gasteiger partial charge < -0.3 is 4.57 Å². The molecule has 2 rings (SSSR count). The van der Waals surface area contributed by atoms with E-state index in [1.807, 2.05) is 0 Å². The van der Waals surface area contributed by atoms with Gasteiger partial charge >= 0.3 is 6.18 Å². The summed E-state index contributed by atoms with van der Waals surface area (Å²) < 4.78 is 53.2. The van der Waals surface area contributed by atoms with E-state index in [2.05, 4.69) is 0 Å². The summed E-state index contributed by atoms with van der Waals surface area (Å²) in [6, 6.07) is 1.46. The fourth-order valence-electron chi connectivity index (χ4n) is 1.89. The molecule has 0 aliphatic heterocycles. The Labute approximate surface area is 131 Å². The second-order valence-corrected chi connectivity index (χ2v) is 5.29. The largest absolute Gasteiger partial charge is 0.432 e.